The Morgan fingerprint density at radius 1 is 1.14 bits per heavy atom. The summed E-state index contributed by atoms with van der Waals surface area (Å²) in [6, 6.07) is 11.6. The second-order valence-corrected chi connectivity index (χ2v) is 7.34. The molecule has 0 aliphatic carbocycles. The highest BCUT2D eigenvalue weighted by Gasteiger charge is 2.08. The minimum Gasteiger partial charge on any atom is -0.354 e. The van der Waals surface area contributed by atoms with Crippen LogP contribution in [0.1, 0.15) is 9.67 Å². The van der Waals surface area contributed by atoms with Gasteiger partial charge in [0.25, 0.3) is 5.91 Å². The number of rotatable bonds is 7. The van der Waals surface area contributed by atoms with Crippen LogP contribution in [0.25, 0.3) is 0 Å². The van der Waals surface area contributed by atoms with Gasteiger partial charge in [-0.2, -0.15) is 0 Å². The van der Waals surface area contributed by atoms with Gasteiger partial charge < -0.3 is 10.6 Å². The Bertz CT molecular complexity index is 615. The zero-order chi connectivity index (χ0) is 15.8. The van der Waals surface area contributed by atoms with E-state index in [0.717, 1.165) is 15.1 Å². The van der Waals surface area contributed by atoms with Crippen LogP contribution >= 0.6 is 39.0 Å². The van der Waals surface area contributed by atoms with Crippen LogP contribution in [0.15, 0.2) is 51.1 Å². The first kappa shape index (κ1) is 17.1. The average molecular weight is 399 g/mol. The third kappa shape index (κ3) is 5.82. The van der Waals surface area contributed by atoms with Gasteiger partial charge in [0.15, 0.2) is 0 Å². The molecule has 0 saturated heterocycles. The lowest BCUT2D eigenvalue weighted by molar-refractivity contribution is -0.120. The Kier molecular flexibility index (Phi) is 6.95. The van der Waals surface area contributed by atoms with Crippen molar-refractivity contribution in [1.82, 2.24) is 10.6 Å². The molecule has 4 nitrogen and oxygen atoms in total. The van der Waals surface area contributed by atoms with E-state index in [1.54, 1.807) is 23.9 Å². The van der Waals surface area contributed by atoms with Crippen LogP contribution < -0.4 is 10.6 Å². The van der Waals surface area contributed by atoms with Crippen LogP contribution in [-0.2, 0) is 4.79 Å². The Morgan fingerprint density at radius 2 is 1.91 bits per heavy atom. The van der Waals surface area contributed by atoms with Crippen molar-refractivity contribution in [3.05, 3.63) is 51.1 Å². The van der Waals surface area contributed by atoms with E-state index in [0.29, 0.717) is 11.4 Å². The fraction of sp³-hybridized carbons (Fsp3) is 0.200. The zero-order valence-corrected chi connectivity index (χ0v) is 14.9. The summed E-state index contributed by atoms with van der Waals surface area (Å²) in [6.45, 7) is 0.564. The third-order valence-electron chi connectivity index (χ3n) is 2.66. The molecule has 0 aliphatic rings. The van der Waals surface area contributed by atoms with Crippen LogP contribution in [0.5, 0.6) is 0 Å². The zero-order valence-electron chi connectivity index (χ0n) is 11.7. The Hall–Kier alpha value is -1.31. The molecule has 0 radical (unpaired) electrons. The molecule has 22 heavy (non-hydrogen) atoms. The monoisotopic (exact) mass is 398 g/mol. The molecule has 0 unspecified atom stereocenters. The molecule has 2 aromatic rings. The van der Waals surface area contributed by atoms with Gasteiger partial charge in [-0.25, -0.2) is 0 Å². The summed E-state index contributed by atoms with van der Waals surface area (Å²) in [6.07, 6.45) is 0. The van der Waals surface area contributed by atoms with E-state index >= 15 is 0 Å². The molecule has 0 spiro atoms. The lowest BCUT2D eigenvalue weighted by Crippen LogP contribution is -2.37. The molecule has 1 aromatic carbocycles. The van der Waals surface area contributed by atoms with Crippen LogP contribution in [0.2, 0.25) is 0 Å². The number of carbonyl (C=O) groups is 2. The lowest BCUT2D eigenvalue weighted by Gasteiger charge is -2.06. The number of thiophene rings is 1. The van der Waals surface area contributed by atoms with Crippen molar-refractivity contribution in [1.29, 1.82) is 0 Å². The smallest absolute Gasteiger partial charge is 0.261 e. The van der Waals surface area contributed by atoms with E-state index in [9.17, 15) is 9.59 Å². The topological polar surface area (TPSA) is 58.2 Å². The number of halogens is 1. The largest absolute Gasteiger partial charge is 0.354 e. The minimum absolute atomic E-state index is 0.000314. The number of nitrogens with one attached hydrogen (secondary N) is 2. The SMILES string of the molecule is O=C(CNC(=O)c1cccs1)NCCSc1ccc(Br)cc1. The summed E-state index contributed by atoms with van der Waals surface area (Å²) in [5.74, 6) is 0.391. The number of thioether (sulfide) groups is 1. The highest BCUT2D eigenvalue weighted by Crippen LogP contribution is 2.19. The van der Waals surface area contributed by atoms with Crippen LogP contribution in [-0.4, -0.2) is 30.7 Å². The molecule has 1 heterocycles. The van der Waals surface area contributed by atoms with Crippen LogP contribution in [0.3, 0.4) is 0 Å². The first-order valence-corrected chi connectivity index (χ1v) is 9.28. The third-order valence-corrected chi connectivity index (χ3v) is 5.07. The summed E-state index contributed by atoms with van der Waals surface area (Å²) in [5, 5.41) is 7.21. The predicted octanol–water partition coefficient (Wildman–Crippen LogP) is 3.15. The van der Waals surface area contributed by atoms with Gasteiger partial charge in [0.2, 0.25) is 5.91 Å². The van der Waals surface area contributed by atoms with Crippen molar-refractivity contribution in [2.45, 2.75) is 4.90 Å². The second-order valence-electron chi connectivity index (χ2n) is 4.31. The lowest BCUT2D eigenvalue weighted by atomic mass is 10.4. The van der Waals surface area contributed by atoms with E-state index < -0.39 is 0 Å². The molecule has 7 heteroatoms. The maximum atomic E-state index is 11.7. The van der Waals surface area contributed by atoms with Crippen molar-refractivity contribution < 1.29 is 9.59 Å². The highest BCUT2D eigenvalue weighted by atomic mass is 79.9. The Labute approximate surface area is 145 Å². The first-order chi connectivity index (χ1) is 10.6. The second kappa shape index (κ2) is 8.97. The molecule has 0 saturated carbocycles. The quantitative estimate of drug-likeness (QED) is 0.556. The Balaban J connectivity index is 1.59. The maximum absolute atomic E-state index is 11.7. The van der Waals surface area contributed by atoms with Crippen molar-refractivity contribution in [3.8, 4) is 0 Å². The predicted molar refractivity (Wildman–Crippen MR) is 94.5 cm³/mol. The molecule has 2 rings (SSSR count). The molecule has 0 fully saturated rings. The number of hydrogen-bond donors (Lipinski definition) is 2. The standard InChI is InChI=1S/C15H15BrN2O2S2/c16-11-3-5-12(6-4-11)21-9-7-17-14(19)10-18-15(20)13-2-1-8-22-13/h1-6,8H,7,9-10H2,(H,17,19)(H,18,20). The summed E-state index contributed by atoms with van der Waals surface area (Å²) in [7, 11) is 0. The molecule has 0 aliphatic heterocycles. The maximum Gasteiger partial charge on any atom is 0.261 e. The molecule has 2 N–H and O–H groups in total. The van der Waals surface area contributed by atoms with E-state index in [4.69, 9.17) is 0 Å². The molecule has 1 aromatic heterocycles. The van der Waals surface area contributed by atoms with Gasteiger partial charge in [-0.15, -0.1) is 23.1 Å². The number of benzene rings is 1. The van der Waals surface area contributed by atoms with Gasteiger partial charge in [0.1, 0.15) is 0 Å². The van der Waals surface area contributed by atoms with E-state index in [1.165, 1.54) is 11.3 Å². The van der Waals surface area contributed by atoms with E-state index in [-0.39, 0.29) is 18.4 Å². The minimum atomic E-state index is -0.214. The summed E-state index contributed by atoms with van der Waals surface area (Å²) < 4.78 is 1.05. The highest BCUT2D eigenvalue weighted by molar-refractivity contribution is 9.10. The first-order valence-electron chi connectivity index (χ1n) is 6.62. The van der Waals surface area contributed by atoms with Gasteiger partial charge in [0.05, 0.1) is 11.4 Å². The van der Waals surface area contributed by atoms with Crippen molar-refractivity contribution in [2.24, 2.45) is 0 Å². The summed E-state index contributed by atoms with van der Waals surface area (Å²) >= 11 is 6.41. The number of hydrogen-bond acceptors (Lipinski definition) is 4. The molecular formula is C15H15BrN2O2S2. The normalized spacial score (nSPS) is 10.2. The van der Waals surface area contributed by atoms with E-state index in [1.807, 2.05) is 29.6 Å². The molecule has 0 atom stereocenters. The van der Waals surface area contributed by atoms with Crippen molar-refractivity contribution in [2.75, 3.05) is 18.8 Å². The van der Waals surface area contributed by atoms with Crippen molar-refractivity contribution in [3.63, 3.8) is 0 Å². The number of amides is 2. The molecular weight excluding hydrogens is 384 g/mol. The van der Waals surface area contributed by atoms with Gasteiger partial charge in [-0.05, 0) is 35.7 Å². The fourth-order valence-electron chi connectivity index (χ4n) is 1.61. The van der Waals surface area contributed by atoms with Gasteiger partial charge in [-0.3, -0.25) is 9.59 Å². The summed E-state index contributed by atoms with van der Waals surface area (Å²) in [4.78, 5) is 25.1. The molecule has 116 valence electrons. The van der Waals surface area contributed by atoms with Crippen LogP contribution in [0.4, 0.5) is 0 Å². The van der Waals surface area contributed by atoms with Crippen molar-refractivity contribution >= 4 is 50.8 Å². The van der Waals surface area contributed by atoms with Gasteiger partial charge in [0, 0.05) is 21.7 Å². The van der Waals surface area contributed by atoms with Gasteiger partial charge >= 0.3 is 0 Å². The molecule has 0 bridgehead atoms. The number of carbonyl (C=O) groups excluding carboxylic acids is 2. The molecule has 2 amide bonds. The van der Waals surface area contributed by atoms with Crippen LogP contribution in [0, 0.1) is 0 Å². The Morgan fingerprint density at radius 3 is 2.59 bits per heavy atom. The van der Waals surface area contributed by atoms with E-state index in [2.05, 4.69) is 26.6 Å². The van der Waals surface area contributed by atoms with Gasteiger partial charge in [-0.1, -0.05) is 22.0 Å². The average Bonchev–Trinajstić information content (AvgIpc) is 3.05. The summed E-state index contributed by atoms with van der Waals surface area (Å²) in [5.41, 5.74) is 0. The fourth-order valence-corrected chi connectivity index (χ4v) is 3.28.